The van der Waals surface area contributed by atoms with Crippen LogP contribution in [-0.2, 0) is 9.59 Å². The lowest BCUT2D eigenvalue weighted by Gasteiger charge is -2.22. The monoisotopic (exact) mass is 292 g/mol. The van der Waals surface area contributed by atoms with E-state index in [4.69, 9.17) is 4.74 Å². The Morgan fingerprint density at radius 1 is 1.24 bits per heavy atom. The summed E-state index contributed by atoms with van der Waals surface area (Å²) in [5.74, 6) is 0.0408. The van der Waals surface area contributed by atoms with E-state index in [-0.39, 0.29) is 11.8 Å². The summed E-state index contributed by atoms with van der Waals surface area (Å²) in [5.41, 5.74) is -0.523. The van der Waals surface area contributed by atoms with Crippen molar-refractivity contribution in [3.05, 3.63) is 24.3 Å². The van der Waals surface area contributed by atoms with E-state index in [1.165, 1.54) is 0 Å². The maximum absolute atomic E-state index is 12.3. The zero-order valence-corrected chi connectivity index (χ0v) is 13.2. The number of ether oxygens (including phenoxy) is 1. The second-order valence-corrected chi connectivity index (χ2v) is 5.42. The van der Waals surface area contributed by atoms with Gasteiger partial charge in [0.05, 0.1) is 7.11 Å². The van der Waals surface area contributed by atoms with Crippen molar-refractivity contribution in [3.8, 4) is 5.75 Å². The maximum Gasteiger partial charge on any atom is 0.239 e. The summed E-state index contributed by atoms with van der Waals surface area (Å²) in [6.07, 6.45) is 1.90. The normalized spacial score (nSPS) is 10.9. The summed E-state index contributed by atoms with van der Waals surface area (Å²) in [5, 5.41) is 5.54. The van der Waals surface area contributed by atoms with Crippen molar-refractivity contribution in [3.63, 3.8) is 0 Å². The summed E-state index contributed by atoms with van der Waals surface area (Å²) >= 11 is 0. The first-order chi connectivity index (χ1) is 9.91. The number of amides is 2. The van der Waals surface area contributed by atoms with Crippen LogP contribution in [-0.4, -0.2) is 25.5 Å². The highest BCUT2D eigenvalue weighted by Gasteiger charge is 2.35. The van der Waals surface area contributed by atoms with Crippen LogP contribution in [0.15, 0.2) is 24.3 Å². The number of methoxy groups -OCH3 is 1. The number of benzene rings is 1. The van der Waals surface area contributed by atoms with Crippen molar-refractivity contribution >= 4 is 17.5 Å². The molecule has 0 aromatic heterocycles. The molecule has 2 amide bonds. The van der Waals surface area contributed by atoms with Crippen molar-refractivity contribution < 1.29 is 14.3 Å². The van der Waals surface area contributed by atoms with Gasteiger partial charge >= 0.3 is 0 Å². The van der Waals surface area contributed by atoms with Crippen LogP contribution in [0.4, 0.5) is 5.69 Å². The first kappa shape index (κ1) is 17.0. The molecule has 5 nitrogen and oxygen atoms in total. The van der Waals surface area contributed by atoms with E-state index in [0.29, 0.717) is 18.0 Å². The van der Waals surface area contributed by atoms with Crippen LogP contribution in [0, 0.1) is 5.41 Å². The van der Waals surface area contributed by atoms with Crippen molar-refractivity contribution in [1.29, 1.82) is 0 Å². The summed E-state index contributed by atoms with van der Waals surface area (Å²) in [4.78, 5) is 24.4. The summed E-state index contributed by atoms with van der Waals surface area (Å²) < 4.78 is 5.10. The fourth-order valence-corrected chi connectivity index (χ4v) is 1.69. The lowest BCUT2D eigenvalue weighted by molar-refractivity contribution is -0.138. The Hall–Kier alpha value is -2.04. The van der Waals surface area contributed by atoms with Crippen molar-refractivity contribution in [1.82, 2.24) is 5.32 Å². The third-order valence-corrected chi connectivity index (χ3v) is 3.28. The summed E-state index contributed by atoms with van der Waals surface area (Å²) in [6, 6.07) is 7.04. The Morgan fingerprint density at radius 2 is 1.95 bits per heavy atom. The van der Waals surface area contributed by atoms with E-state index < -0.39 is 5.41 Å². The molecular weight excluding hydrogens is 268 g/mol. The molecular formula is C16H24N2O3. The van der Waals surface area contributed by atoms with Gasteiger partial charge in [0, 0.05) is 18.3 Å². The van der Waals surface area contributed by atoms with Gasteiger partial charge in [0.25, 0.3) is 0 Å². The van der Waals surface area contributed by atoms with Crippen LogP contribution >= 0.6 is 0 Å². The second kappa shape index (κ2) is 7.67. The molecule has 21 heavy (non-hydrogen) atoms. The van der Waals surface area contributed by atoms with E-state index in [9.17, 15) is 9.59 Å². The topological polar surface area (TPSA) is 67.4 Å². The standard InChI is InChI=1S/C16H24N2O3/c1-5-6-10-17-14(19)16(2,3)15(20)18-12-8-7-9-13(11-12)21-4/h7-9,11H,5-6,10H2,1-4H3,(H,17,19)(H,18,20). The molecule has 0 heterocycles. The number of rotatable bonds is 7. The van der Waals surface area contributed by atoms with Crippen molar-refractivity contribution in [2.75, 3.05) is 19.0 Å². The molecule has 0 aliphatic rings. The molecule has 0 saturated heterocycles. The molecule has 0 aliphatic carbocycles. The van der Waals surface area contributed by atoms with Crippen molar-refractivity contribution in [2.24, 2.45) is 5.41 Å². The van der Waals surface area contributed by atoms with Gasteiger partial charge in [-0.25, -0.2) is 0 Å². The van der Waals surface area contributed by atoms with Crippen LogP contribution < -0.4 is 15.4 Å². The van der Waals surface area contributed by atoms with Crippen LogP contribution in [0.1, 0.15) is 33.6 Å². The van der Waals surface area contributed by atoms with E-state index in [1.807, 2.05) is 6.92 Å². The predicted molar refractivity (Wildman–Crippen MR) is 83.3 cm³/mol. The minimum Gasteiger partial charge on any atom is -0.497 e. The molecule has 116 valence electrons. The number of hydrogen-bond acceptors (Lipinski definition) is 3. The first-order valence-electron chi connectivity index (χ1n) is 7.15. The molecule has 0 saturated carbocycles. The molecule has 5 heteroatoms. The fraction of sp³-hybridized carbons (Fsp3) is 0.500. The van der Waals surface area contributed by atoms with Gasteiger partial charge in [0.15, 0.2) is 0 Å². The third-order valence-electron chi connectivity index (χ3n) is 3.28. The number of hydrogen-bond donors (Lipinski definition) is 2. The number of anilines is 1. The van der Waals surface area contributed by atoms with Gasteiger partial charge in [-0.3, -0.25) is 9.59 Å². The number of nitrogens with one attached hydrogen (secondary N) is 2. The Bertz CT molecular complexity index is 498. The minimum absolute atomic E-state index is 0.267. The van der Waals surface area contributed by atoms with E-state index in [1.54, 1.807) is 45.2 Å². The van der Waals surface area contributed by atoms with Crippen molar-refractivity contribution in [2.45, 2.75) is 33.6 Å². The van der Waals surface area contributed by atoms with Crippen LogP contribution in [0.5, 0.6) is 5.75 Å². The minimum atomic E-state index is -1.13. The third kappa shape index (κ3) is 4.77. The quantitative estimate of drug-likeness (QED) is 0.599. The van der Waals surface area contributed by atoms with Crippen LogP contribution in [0.2, 0.25) is 0 Å². The first-order valence-corrected chi connectivity index (χ1v) is 7.15. The van der Waals surface area contributed by atoms with Gasteiger partial charge in [0.2, 0.25) is 11.8 Å². The van der Waals surface area contributed by atoms with E-state index in [0.717, 1.165) is 12.8 Å². The highest BCUT2D eigenvalue weighted by atomic mass is 16.5. The molecule has 2 N–H and O–H groups in total. The molecule has 0 spiro atoms. The zero-order chi connectivity index (χ0) is 15.9. The van der Waals surface area contributed by atoms with E-state index >= 15 is 0 Å². The summed E-state index contributed by atoms with van der Waals surface area (Å²) in [6.45, 7) is 5.87. The molecule has 1 aromatic rings. The zero-order valence-electron chi connectivity index (χ0n) is 13.2. The molecule has 0 aliphatic heterocycles. The maximum atomic E-state index is 12.3. The number of carbonyl (C=O) groups is 2. The molecule has 0 atom stereocenters. The van der Waals surface area contributed by atoms with E-state index in [2.05, 4.69) is 10.6 Å². The summed E-state index contributed by atoms with van der Waals surface area (Å²) in [7, 11) is 1.56. The average molecular weight is 292 g/mol. The average Bonchev–Trinajstić information content (AvgIpc) is 2.47. The van der Waals surface area contributed by atoms with Gasteiger partial charge < -0.3 is 15.4 Å². The highest BCUT2D eigenvalue weighted by Crippen LogP contribution is 2.21. The Morgan fingerprint density at radius 3 is 2.57 bits per heavy atom. The largest absolute Gasteiger partial charge is 0.497 e. The lowest BCUT2D eigenvalue weighted by Crippen LogP contribution is -2.45. The lowest BCUT2D eigenvalue weighted by atomic mass is 9.91. The molecule has 1 rings (SSSR count). The molecule has 0 bridgehead atoms. The number of carbonyl (C=O) groups excluding carboxylic acids is 2. The van der Waals surface area contributed by atoms with Gasteiger partial charge in [-0.2, -0.15) is 0 Å². The smallest absolute Gasteiger partial charge is 0.239 e. The molecule has 0 fully saturated rings. The van der Waals surface area contributed by atoms with Gasteiger partial charge in [-0.05, 0) is 32.4 Å². The predicted octanol–water partition coefficient (Wildman–Crippen LogP) is 2.58. The van der Waals surface area contributed by atoms with Crippen LogP contribution in [0.3, 0.4) is 0 Å². The SMILES string of the molecule is CCCCNC(=O)C(C)(C)C(=O)Nc1cccc(OC)c1. The van der Waals surface area contributed by atoms with Gasteiger partial charge in [-0.15, -0.1) is 0 Å². The molecule has 0 unspecified atom stereocenters. The second-order valence-electron chi connectivity index (χ2n) is 5.42. The van der Waals surface area contributed by atoms with Gasteiger partial charge in [0.1, 0.15) is 11.2 Å². The highest BCUT2D eigenvalue weighted by molar-refractivity contribution is 6.09. The molecule has 0 radical (unpaired) electrons. The Kier molecular flexibility index (Phi) is 6.21. The van der Waals surface area contributed by atoms with Gasteiger partial charge in [-0.1, -0.05) is 19.4 Å². The Balaban J connectivity index is 2.69. The fourth-order valence-electron chi connectivity index (χ4n) is 1.69. The molecule has 1 aromatic carbocycles. The Labute approximate surface area is 126 Å². The van der Waals surface area contributed by atoms with Crippen LogP contribution in [0.25, 0.3) is 0 Å². The number of unbranched alkanes of at least 4 members (excludes halogenated alkanes) is 1.